The van der Waals surface area contributed by atoms with Crippen LogP contribution < -0.4 is 10.6 Å². The van der Waals surface area contributed by atoms with Crippen LogP contribution >= 0.6 is 0 Å². The summed E-state index contributed by atoms with van der Waals surface area (Å²) in [5, 5.41) is 16.2. The molecule has 0 spiro atoms. The monoisotopic (exact) mass is 347 g/mol. The van der Waals surface area contributed by atoms with E-state index in [0.29, 0.717) is 19.2 Å². The molecule has 6 heteroatoms. The van der Waals surface area contributed by atoms with E-state index >= 15 is 0 Å². The number of guanidine groups is 1. The Morgan fingerprint density at radius 3 is 2.68 bits per heavy atom. The van der Waals surface area contributed by atoms with Crippen molar-refractivity contribution >= 4 is 11.9 Å². The Morgan fingerprint density at radius 2 is 2.04 bits per heavy atom. The molecule has 0 aliphatic heterocycles. The van der Waals surface area contributed by atoms with Gasteiger partial charge in [-0.25, -0.2) is 4.99 Å². The van der Waals surface area contributed by atoms with Gasteiger partial charge in [0.25, 0.3) is 0 Å². The number of aliphatic imine (C=N–C) groups is 1. The van der Waals surface area contributed by atoms with Crippen LogP contribution in [0.4, 0.5) is 0 Å². The molecule has 0 aromatic heterocycles. The first-order valence-corrected chi connectivity index (χ1v) is 9.11. The van der Waals surface area contributed by atoms with Crippen molar-refractivity contribution in [3.63, 3.8) is 0 Å². The van der Waals surface area contributed by atoms with Gasteiger partial charge < -0.3 is 20.5 Å². The molecule has 1 saturated carbocycles. The zero-order valence-electron chi connectivity index (χ0n) is 15.1. The summed E-state index contributed by atoms with van der Waals surface area (Å²) in [6.45, 7) is 5.61. The van der Waals surface area contributed by atoms with Gasteiger partial charge in [0.15, 0.2) is 5.96 Å². The number of aromatic hydroxyl groups is 1. The predicted molar refractivity (Wildman–Crippen MR) is 98.4 cm³/mol. The van der Waals surface area contributed by atoms with Gasteiger partial charge in [0.2, 0.25) is 0 Å². The molecule has 1 aliphatic rings. The van der Waals surface area contributed by atoms with Gasteiger partial charge in [-0.15, -0.1) is 0 Å². The largest absolute Gasteiger partial charge is 0.508 e. The molecule has 0 radical (unpaired) electrons. The second-order valence-corrected chi connectivity index (χ2v) is 6.31. The van der Waals surface area contributed by atoms with Crippen LogP contribution in [0.2, 0.25) is 0 Å². The van der Waals surface area contributed by atoms with Crippen LogP contribution in [0.3, 0.4) is 0 Å². The van der Waals surface area contributed by atoms with Crippen molar-refractivity contribution in [1.82, 2.24) is 10.6 Å². The maximum absolute atomic E-state index is 11.8. The van der Waals surface area contributed by atoms with Gasteiger partial charge in [-0.3, -0.25) is 4.79 Å². The molecule has 0 unspecified atom stereocenters. The van der Waals surface area contributed by atoms with Crippen LogP contribution in [0.5, 0.6) is 5.75 Å². The highest BCUT2D eigenvalue weighted by atomic mass is 16.5. The minimum Gasteiger partial charge on any atom is -0.508 e. The third-order valence-corrected chi connectivity index (χ3v) is 4.36. The smallest absolute Gasteiger partial charge is 0.308 e. The molecule has 0 saturated heterocycles. The van der Waals surface area contributed by atoms with Crippen molar-refractivity contribution in [3.05, 3.63) is 29.8 Å². The Kier molecular flexibility index (Phi) is 7.57. The van der Waals surface area contributed by atoms with E-state index in [1.54, 1.807) is 12.1 Å². The number of benzene rings is 1. The SMILES string of the molecule is CCNC(=NCc1cccc(O)c1)NC1CCC(C(=O)OCC)CC1. The van der Waals surface area contributed by atoms with Crippen LogP contribution in [0.25, 0.3) is 0 Å². The molecule has 0 heterocycles. The lowest BCUT2D eigenvalue weighted by Gasteiger charge is -2.29. The van der Waals surface area contributed by atoms with Crippen LogP contribution in [-0.4, -0.2) is 36.2 Å². The predicted octanol–water partition coefficient (Wildman–Crippen LogP) is 2.57. The molecule has 1 aromatic carbocycles. The Morgan fingerprint density at radius 1 is 1.28 bits per heavy atom. The van der Waals surface area contributed by atoms with Crippen molar-refractivity contribution in [2.45, 2.75) is 52.1 Å². The molecule has 0 atom stereocenters. The second kappa shape index (κ2) is 9.91. The van der Waals surface area contributed by atoms with E-state index in [9.17, 15) is 9.90 Å². The molecule has 1 aliphatic carbocycles. The lowest BCUT2D eigenvalue weighted by Crippen LogP contribution is -2.45. The number of rotatable bonds is 6. The van der Waals surface area contributed by atoms with Gasteiger partial charge in [0, 0.05) is 12.6 Å². The average molecular weight is 347 g/mol. The Hall–Kier alpha value is -2.24. The lowest BCUT2D eigenvalue weighted by atomic mass is 9.86. The molecule has 2 rings (SSSR count). The standard InChI is InChI=1S/C19H29N3O3/c1-3-20-19(21-13-14-6-5-7-17(23)12-14)22-16-10-8-15(9-11-16)18(24)25-4-2/h5-7,12,15-16,23H,3-4,8-11,13H2,1-2H3,(H2,20,21,22). The van der Waals surface area contributed by atoms with E-state index in [1.807, 2.05) is 26.0 Å². The van der Waals surface area contributed by atoms with Crippen LogP contribution in [-0.2, 0) is 16.1 Å². The highest BCUT2D eigenvalue weighted by molar-refractivity contribution is 5.80. The van der Waals surface area contributed by atoms with E-state index < -0.39 is 0 Å². The highest BCUT2D eigenvalue weighted by Gasteiger charge is 2.27. The minimum atomic E-state index is -0.0644. The summed E-state index contributed by atoms with van der Waals surface area (Å²) in [5.41, 5.74) is 0.961. The molecular formula is C19H29N3O3. The minimum absolute atomic E-state index is 0.0322. The summed E-state index contributed by atoms with van der Waals surface area (Å²) in [7, 11) is 0. The number of phenols is 1. The van der Waals surface area contributed by atoms with Crippen molar-refractivity contribution in [2.75, 3.05) is 13.2 Å². The zero-order chi connectivity index (χ0) is 18.1. The maximum atomic E-state index is 11.8. The molecule has 0 amide bonds. The van der Waals surface area contributed by atoms with E-state index in [4.69, 9.17) is 4.74 Å². The molecule has 1 fully saturated rings. The number of ether oxygens (including phenoxy) is 1. The Bertz CT molecular complexity index is 581. The number of phenolic OH excluding ortho intramolecular Hbond substituents is 1. The average Bonchev–Trinajstić information content (AvgIpc) is 2.61. The molecule has 6 nitrogen and oxygen atoms in total. The van der Waals surface area contributed by atoms with Crippen LogP contribution in [0, 0.1) is 5.92 Å². The number of carbonyl (C=O) groups is 1. The van der Waals surface area contributed by atoms with E-state index in [2.05, 4.69) is 15.6 Å². The van der Waals surface area contributed by atoms with Gasteiger partial charge in [-0.2, -0.15) is 0 Å². The van der Waals surface area contributed by atoms with E-state index in [0.717, 1.165) is 43.8 Å². The van der Waals surface area contributed by atoms with Crippen molar-refractivity contribution in [1.29, 1.82) is 0 Å². The molecule has 138 valence electrons. The first-order chi connectivity index (χ1) is 12.1. The Balaban J connectivity index is 1.87. The van der Waals surface area contributed by atoms with Crippen molar-refractivity contribution in [3.8, 4) is 5.75 Å². The number of nitrogens with one attached hydrogen (secondary N) is 2. The Labute approximate surface area is 149 Å². The lowest BCUT2D eigenvalue weighted by molar-refractivity contribution is -0.149. The first kappa shape index (κ1) is 19.1. The maximum Gasteiger partial charge on any atom is 0.308 e. The van der Waals surface area contributed by atoms with E-state index in [-0.39, 0.29) is 17.6 Å². The first-order valence-electron chi connectivity index (χ1n) is 9.11. The van der Waals surface area contributed by atoms with Gasteiger partial charge in [-0.1, -0.05) is 12.1 Å². The number of hydrogen-bond acceptors (Lipinski definition) is 4. The van der Waals surface area contributed by atoms with Gasteiger partial charge in [0.1, 0.15) is 5.75 Å². The zero-order valence-corrected chi connectivity index (χ0v) is 15.1. The topological polar surface area (TPSA) is 83.0 Å². The van der Waals surface area contributed by atoms with E-state index in [1.165, 1.54) is 0 Å². The van der Waals surface area contributed by atoms with Gasteiger partial charge in [-0.05, 0) is 57.2 Å². The molecule has 3 N–H and O–H groups in total. The van der Waals surface area contributed by atoms with Crippen molar-refractivity contribution in [2.24, 2.45) is 10.9 Å². The van der Waals surface area contributed by atoms with Gasteiger partial charge >= 0.3 is 5.97 Å². The fraction of sp³-hybridized carbons (Fsp3) is 0.579. The van der Waals surface area contributed by atoms with Crippen molar-refractivity contribution < 1.29 is 14.6 Å². The highest BCUT2D eigenvalue weighted by Crippen LogP contribution is 2.25. The number of nitrogens with zero attached hydrogens (tertiary/aromatic N) is 1. The molecule has 25 heavy (non-hydrogen) atoms. The van der Waals surface area contributed by atoms with Crippen LogP contribution in [0.1, 0.15) is 45.1 Å². The molecule has 0 bridgehead atoms. The normalized spacial score (nSPS) is 20.8. The summed E-state index contributed by atoms with van der Waals surface area (Å²) >= 11 is 0. The third kappa shape index (κ3) is 6.29. The fourth-order valence-electron chi connectivity index (χ4n) is 3.07. The summed E-state index contributed by atoms with van der Waals surface area (Å²) in [6, 6.07) is 7.44. The summed E-state index contributed by atoms with van der Waals surface area (Å²) in [5.74, 6) is 0.989. The molecular weight excluding hydrogens is 318 g/mol. The third-order valence-electron chi connectivity index (χ3n) is 4.36. The summed E-state index contributed by atoms with van der Waals surface area (Å²) < 4.78 is 5.12. The number of carbonyl (C=O) groups excluding carboxylic acids is 1. The number of esters is 1. The summed E-state index contributed by atoms with van der Waals surface area (Å²) in [6.07, 6.45) is 3.56. The summed E-state index contributed by atoms with van der Waals surface area (Å²) in [4.78, 5) is 16.4. The second-order valence-electron chi connectivity index (χ2n) is 6.31. The number of hydrogen-bond donors (Lipinski definition) is 3. The van der Waals surface area contributed by atoms with Crippen LogP contribution in [0.15, 0.2) is 29.3 Å². The fourth-order valence-corrected chi connectivity index (χ4v) is 3.07. The van der Waals surface area contributed by atoms with Gasteiger partial charge in [0.05, 0.1) is 19.1 Å². The quantitative estimate of drug-likeness (QED) is 0.418. The molecule has 1 aromatic rings.